The normalized spacial score (nSPS) is 46.4. The molecule has 1 saturated heterocycles. The standard InChI is InChI=1S/C53H73N5O6S2/c1-28(59)57-49(54)56-24-31-21-52(5)38-18-32(53(52,63)40-20-41(60)39-19-42(61)43(62)23-51(39,4)46(31)40)25-65-66-26-33(58-14-13-55-27-58)22-50(2,3)47-36-16-29-8-7-15-64-48-37(38)17-30-9-6-10-35(34(36)12-11-29)44(30)45(47)48/h13-14,20,27-34,37-39,42-43,45-46,48,59,61-63H,6,8-12,16-19,21-26H2,1-5H3,(H3,54,56,57). The maximum absolute atomic E-state index is 14.7. The first kappa shape index (κ1) is 45.7. The summed E-state index contributed by atoms with van der Waals surface area (Å²) in [5.74, 6) is 5.94. The van der Waals surface area contributed by atoms with E-state index in [2.05, 4.69) is 60.8 Å². The molecule has 66 heavy (non-hydrogen) atoms. The maximum Gasteiger partial charge on any atom is 0.190 e. The second-order valence-corrected chi connectivity index (χ2v) is 26.4. The van der Waals surface area contributed by atoms with Crippen molar-refractivity contribution in [3.63, 3.8) is 0 Å². The Hall–Kier alpha value is -2.73. The molecule has 18 unspecified atom stereocenters. The minimum absolute atomic E-state index is 0.0493. The Balaban J connectivity index is 1.11. The Morgan fingerprint density at radius 2 is 1.89 bits per heavy atom. The number of allylic oxidation sites excluding steroid dienone is 3. The molecule has 5 saturated carbocycles. The van der Waals surface area contributed by atoms with Crippen molar-refractivity contribution in [1.82, 2.24) is 14.9 Å². The van der Waals surface area contributed by atoms with Gasteiger partial charge in [-0.25, -0.2) is 4.98 Å². The topological polar surface area (TPSA) is 175 Å². The zero-order chi connectivity index (χ0) is 46.1. The molecule has 6 fully saturated rings. The minimum Gasteiger partial charge on any atom is -0.442 e. The highest BCUT2D eigenvalue weighted by Crippen LogP contribution is 2.74. The Morgan fingerprint density at radius 1 is 1.08 bits per heavy atom. The Labute approximate surface area is 399 Å². The molecule has 7 N–H and O–H groups in total. The predicted octanol–water partition coefficient (Wildman–Crippen LogP) is 7.34. The van der Waals surface area contributed by atoms with E-state index in [1.54, 1.807) is 35.3 Å². The van der Waals surface area contributed by atoms with E-state index in [1.165, 1.54) is 32.1 Å². The molecule has 13 heteroatoms. The van der Waals surface area contributed by atoms with E-state index in [9.17, 15) is 25.2 Å². The highest BCUT2D eigenvalue weighted by molar-refractivity contribution is 8.76. The van der Waals surface area contributed by atoms with E-state index >= 15 is 0 Å². The number of rotatable bonds is 4. The first-order valence-electron chi connectivity index (χ1n) is 25.4. The van der Waals surface area contributed by atoms with Crippen LogP contribution in [0.25, 0.3) is 0 Å². The number of hydrogen-bond donors (Lipinski definition) is 6. The molecule has 358 valence electrons. The lowest BCUT2D eigenvalue weighted by molar-refractivity contribution is -0.170. The summed E-state index contributed by atoms with van der Waals surface area (Å²) in [5, 5.41) is 50.0. The quantitative estimate of drug-likeness (QED) is 0.0445. The van der Waals surface area contributed by atoms with Crippen LogP contribution in [0.1, 0.15) is 124 Å². The van der Waals surface area contributed by atoms with E-state index in [-0.39, 0.29) is 77.7 Å². The van der Waals surface area contributed by atoms with Gasteiger partial charge in [0.05, 0.1) is 24.1 Å². The highest BCUT2D eigenvalue weighted by Gasteiger charge is 2.73. The summed E-state index contributed by atoms with van der Waals surface area (Å²) in [6.45, 7) is 11.5. The smallest absolute Gasteiger partial charge is 0.190 e. The fourth-order valence-electron chi connectivity index (χ4n) is 17.5. The molecule has 8 bridgehead atoms. The van der Waals surface area contributed by atoms with Crippen LogP contribution in [0.3, 0.4) is 0 Å². The number of imidazole rings is 1. The first-order chi connectivity index (χ1) is 31.5. The van der Waals surface area contributed by atoms with E-state index in [0.29, 0.717) is 30.7 Å². The Bertz CT molecular complexity index is 2300. The van der Waals surface area contributed by atoms with E-state index in [0.717, 1.165) is 49.2 Å². The van der Waals surface area contributed by atoms with Gasteiger partial charge in [-0.05, 0) is 136 Å². The third kappa shape index (κ3) is 7.00. The van der Waals surface area contributed by atoms with Gasteiger partial charge in [0.2, 0.25) is 0 Å². The molecule has 0 radical (unpaired) electrons. The van der Waals surface area contributed by atoms with Gasteiger partial charge < -0.3 is 40.8 Å². The fourth-order valence-corrected chi connectivity index (χ4v) is 20.2. The van der Waals surface area contributed by atoms with Crippen LogP contribution >= 0.6 is 21.6 Å². The van der Waals surface area contributed by atoms with Crippen molar-refractivity contribution in [2.24, 2.45) is 86.2 Å². The van der Waals surface area contributed by atoms with Crippen LogP contribution in [0.5, 0.6) is 0 Å². The summed E-state index contributed by atoms with van der Waals surface area (Å²) in [6, 6.07) is 0.210. The van der Waals surface area contributed by atoms with E-state index in [4.69, 9.17) is 15.5 Å². The molecule has 11 nitrogen and oxygen atoms in total. The van der Waals surface area contributed by atoms with Crippen LogP contribution in [0.15, 0.2) is 57.7 Å². The number of aliphatic hydroxyl groups excluding tert-OH is 3. The number of aromatic nitrogens is 2. The molecule has 10 aliphatic rings. The molecule has 11 rings (SSSR count). The summed E-state index contributed by atoms with van der Waals surface area (Å²) in [7, 11) is 3.77. The molecule has 18 atom stereocenters. The predicted molar refractivity (Wildman–Crippen MR) is 259 cm³/mol. The van der Waals surface area contributed by atoms with Crippen LogP contribution in [-0.4, -0.2) is 89.9 Å². The molecule has 2 aliphatic heterocycles. The molecule has 8 aliphatic carbocycles. The van der Waals surface area contributed by atoms with Gasteiger partial charge in [0.25, 0.3) is 0 Å². The fraction of sp³-hybridized carbons (Fsp3) is 0.755. The molecule has 1 aromatic rings. The van der Waals surface area contributed by atoms with Crippen LogP contribution in [0.4, 0.5) is 0 Å². The minimum atomic E-state index is -1.33. The summed E-state index contributed by atoms with van der Waals surface area (Å²) >= 11 is 0. The molecule has 0 aromatic carbocycles. The number of nitrogens with zero attached hydrogens (tertiary/aromatic N) is 3. The number of ketones is 1. The number of aliphatic hydroxyl groups is 4. The van der Waals surface area contributed by atoms with Crippen molar-refractivity contribution in [3.05, 3.63) is 52.7 Å². The molecular weight excluding hydrogens is 867 g/mol. The van der Waals surface area contributed by atoms with Crippen LogP contribution in [0, 0.1) is 87.5 Å². The third-order valence-electron chi connectivity index (χ3n) is 19.9. The average molecular weight is 940 g/mol. The largest absolute Gasteiger partial charge is 0.442 e. The second kappa shape index (κ2) is 16.7. The molecule has 3 heterocycles. The highest BCUT2D eigenvalue weighted by atomic mass is 33.1. The number of hydrogen-bond acceptors (Lipinski definition) is 10. The van der Waals surface area contributed by atoms with Gasteiger partial charge in [0.15, 0.2) is 11.7 Å². The third-order valence-corrected chi connectivity index (χ3v) is 22.4. The first-order valence-corrected chi connectivity index (χ1v) is 27.9. The summed E-state index contributed by atoms with van der Waals surface area (Å²) in [6.07, 6.45) is 20.0. The number of fused-ring (bicyclic) bond motifs is 12. The monoisotopic (exact) mass is 940 g/mol. The summed E-state index contributed by atoms with van der Waals surface area (Å²) in [4.78, 5) is 24.2. The van der Waals surface area contributed by atoms with E-state index < -0.39 is 40.8 Å². The second-order valence-electron chi connectivity index (χ2n) is 23.8. The summed E-state index contributed by atoms with van der Waals surface area (Å²) in [5.41, 5.74) is 11.1. The van der Waals surface area contributed by atoms with Crippen molar-refractivity contribution in [3.8, 4) is 12.0 Å². The zero-order valence-electron chi connectivity index (χ0n) is 39.6. The van der Waals surface area contributed by atoms with Gasteiger partial charge in [-0.15, -0.1) is 0 Å². The van der Waals surface area contributed by atoms with Crippen LogP contribution in [0.2, 0.25) is 0 Å². The maximum atomic E-state index is 14.7. The lowest BCUT2D eigenvalue weighted by atomic mass is 9.42. The van der Waals surface area contributed by atoms with Gasteiger partial charge >= 0.3 is 0 Å². The van der Waals surface area contributed by atoms with Gasteiger partial charge in [-0.3, -0.25) is 9.79 Å². The van der Waals surface area contributed by atoms with Gasteiger partial charge in [0.1, 0.15) is 18.4 Å². The average Bonchev–Trinajstić information content (AvgIpc) is 3.88. The van der Waals surface area contributed by atoms with Crippen molar-refractivity contribution in [1.29, 1.82) is 0 Å². The number of guanidine groups is 1. The molecule has 0 amide bonds. The Kier molecular flexibility index (Phi) is 11.6. The molecule has 1 aromatic heterocycles. The number of ether oxygens (including phenoxy) is 1. The number of nitrogens with two attached hydrogens (primary N) is 1. The zero-order valence-corrected chi connectivity index (χ0v) is 41.3. The summed E-state index contributed by atoms with van der Waals surface area (Å²) < 4.78 is 9.62. The van der Waals surface area contributed by atoms with Crippen molar-refractivity contribution < 1.29 is 30.0 Å². The Morgan fingerprint density at radius 3 is 2.68 bits per heavy atom. The van der Waals surface area contributed by atoms with Crippen molar-refractivity contribution in [2.45, 2.75) is 154 Å². The van der Waals surface area contributed by atoms with Crippen molar-refractivity contribution >= 4 is 33.3 Å². The SMILES string of the molecule is CC(O)NC(N)=NCC1CC2(C)C3CC(CSSCC(n4ccnc4)CC(C)(C)C4=C5CC6CC#COC7C4C4=C(CCCC4CC73)C5CC6)C2(O)C2=CC(=O)C3CC(O)C(O)CC3(C)C21. The number of nitrogens with one attached hydrogen (secondary N) is 1. The van der Waals surface area contributed by atoms with Crippen LogP contribution in [-0.2, 0) is 9.53 Å². The van der Waals surface area contributed by atoms with E-state index in [1.807, 2.05) is 34.1 Å². The van der Waals surface area contributed by atoms with Gasteiger partial charge in [-0.2, -0.15) is 0 Å². The number of carbonyl (C=O) groups excluding carboxylic acids is 1. The van der Waals surface area contributed by atoms with Gasteiger partial charge in [-0.1, -0.05) is 77.5 Å². The van der Waals surface area contributed by atoms with Crippen LogP contribution < -0.4 is 11.1 Å². The molecular formula is C53H73N5O6S2. The molecule has 0 spiro atoms. The van der Waals surface area contributed by atoms with Crippen molar-refractivity contribution in [2.75, 3.05) is 18.1 Å². The van der Waals surface area contributed by atoms with Gasteiger partial charge in [0, 0.05) is 77.9 Å². The number of aliphatic imine (C=N–C) groups is 1. The lowest BCUT2D eigenvalue weighted by Crippen LogP contribution is -2.65. The lowest BCUT2D eigenvalue weighted by Gasteiger charge is -2.64. The number of carbonyl (C=O) groups is 1.